The number of aliphatic hydroxyl groups excluding tert-OH is 1. The van der Waals surface area contributed by atoms with E-state index in [-0.39, 0.29) is 37.0 Å². The third kappa shape index (κ3) is 8.18. The molecule has 10 heteroatoms. The van der Waals surface area contributed by atoms with Crippen molar-refractivity contribution < 1.29 is 24.2 Å². The number of carbonyl (C=O) groups is 2. The summed E-state index contributed by atoms with van der Waals surface area (Å²) in [6.45, 7) is 5.59. The van der Waals surface area contributed by atoms with E-state index in [0.29, 0.717) is 41.5 Å². The summed E-state index contributed by atoms with van der Waals surface area (Å²) in [5.74, 6) is 1.19. The van der Waals surface area contributed by atoms with Crippen LogP contribution in [-0.4, -0.2) is 77.8 Å². The van der Waals surface area contributed by atoms with E-state index in [4.69, 9.17) is 9.47 Å². The highest BCUT2D eigenvalue weighted by atomic mass is 16.5. The lowest BCUT2D eigenvalue weighted by atomic mass is 10.0. The van der Waals surface area contributed by atoms with Crippen LogP contribution >= 0.6 is 0 Å². The Hall–Kier alpha value is -4.15. The van der Waals surface area contributed by atoms with Gasteiger partial charge in [-0.05, 0) is 74.1 Å². The van der Waals surface area contributed by atoms with Gasteiger partial charge in [-0.15, -0.1) is 0 Å². The van der Waals surface area contributed by atoms with Crippen molar-refractivity contribution in [3.05, 3.63) is 78.1 Å². The first-order valence-electron chi connectivity index (χ1n) is 13.7. The molecule has 0 spiro atoms. The zero-order chi connectivity index (χ0) is 29.4. The summed E-state index contributed by atoms with van der Waals surface area (Å²) in [7, 11) is 3.62. The van der Waals surface area contributed by atoms with E-state index in [1.807, 2.05) is 26.1 Å². The van der Waals surface area contributed by atoms with Crippen LogP contribution in [-0.2, 0) is 17.8 Å². The van der Waals surface area contributed by atoms with Crippen molar-refractivity contribution >= 4 is 23.3 Å². The van der Waals surface area contributed by atoms with Gasteiger partial charge in [0.1, 0.15) is 17.6 Å². The lowest BCUT2D eigenvalue weighted by molar-refractivity contribution is -0.134. The van der Waals surface area contributed by atoms with Crippen LogP contribution in [0.15, 0.2) is 67.0 Å². The Morgan fingerprint density at radius 2 is 1.83 bits per heavy atom. The van der Waals surface area contributed by atoms with E-state index in [1.54, 1.807) is 66.9 Å². The molecule has 0 fully saturated rings. The third-order valence-electron chi connectivity index (χ3n) is 7.22. The second-order valence-corrected chi connectivity index (χ2v) is 10.6. The number of pyridine rings is 1. The predicted molar refractivity (Wildman–Crippen MR) is 158 cm³/mol. The number of nitrogens with one attached hydrogen (secondary N) is 2. The van der Waals surface area contributed by atoms with Crippen molar-refractivity contribution in [3.8, 4) is 11.5 Å². The fraction of sp³-hybridized carbons (Fsp3) is 0.387. The fourth-order valence-corrected chi connectivity index (χ4v) is 4.86. The quantitative estimate of drug-likeness (QED) is 0.361. The second kappa shape index (κ2) is 14.0. The summed E-state index contributed by atoms with van der Waals surface area (Å²) in [6, 6.07) is 15.6. The minimum absolute atomic E-state index is 0.00753. The zero-order valence-corrected chi connectivity index (χ0v) is 24.0. The number of hydrogen-bond acceptors (Lipinski definition) is 7. The van der Waals surface area contributed by atoms with Crippen molar-refractivity contribution in [2.45, 2.75) is 39.0 Å². The molecular weight excluding hydrogens is 522 g/mol. The zero-order valence-electron chi connectivity index (χ0n) is 24.0. The molecule has 2 aromatic carbocycles. The van der Waals surface area contributed by atoms with Crippen LogP contribution in [0.5, 0.6) is 11.5 Å². The van der Waals surface area contributed by atoms with Gasteiger partial charge in [-0.2, -0.15) is 0 Å². The fourth-order valence-electron chi connectivity index (χ4n) is 4.86. The molecule has 10 nitrogen and oxygen atoms in total. The molecular formula is C31H39N5O5. The molecule has 3 atom stereocenters. The topological polar surface area (TPSA) is 116 Å². The average molecular weight is 562 g/mol. The maximum absolute atomic E-state index is 13.5. The normalized spacial score (nSPS) is 17.9. The molecule has 0 aliphatic carbocycles. The first kappa shape index (κ1) is 29.8. The summed E-state index contributed by atoms with van der Waals surface area (Å²) >= 11 is 0. The molecule has 4 rings (SSSR count). The summed E-state index contributed by atoms with van der Waals surface area (Å²) in [4.78, 5) is 34.2. The summed E-state index contributed by atoms with van der Waals surface area (Å²) in [5, 5.41) is 15.5. The highest BCUT2D eigenvalue weighted by Crippen LogP contribution is 2.29. The third-order valence-corrected chi connectivity index (χ3v) is 7.22. The number of anilines is 2. The van der Waals surface area contributed by atoms with Crippen LogP contribution in [0, 0.1) is 5.92 Å². The van der Waals surface area contributed by atoms with Gasteiger partial charge in [-0.25, -0.2) is 4.79 Å². The molecule has 1 aliphatic rings. The minimum atomic E-state index is -0.412. The van der Waals surface area contributed by atoms with Crippen LogP contribution < -0.4 is 20.1 Å². The second-order valence-electron chi connectivity index (χ2n) is 10.6. The van der Waals surface area contributed by atoms with E-state index < -0.39 is 6.03 Å². The standard InChI is InChI=1S/C31H39N5O5/c1-21-17-36(22(2)20-37)30(38)16-24-15-26(34-31(39)33-25-5-8-27(40-4)9-6-25)7-10-28(24)41-29(21)19-35(3)18-23-11-13-32-14-12-23/h5-15,21-22,29,37H,16-20H2,1-4H3,(H2,33,34,39)/t21-,22-,29+/m1/s1. The number of likely N-dealkylation sites (N-methyl/N-ethyl adjacent to an activating group) is 1. The van der Waals surface area contributed by atoms with Crippen molar-refractivity contribution in [1.82, 2.24) is 14.8 Å². The predicted octanol–water partition coefficient (Wildman–Crippen LogP) is 4.02. The Labute approximate surface area is 241 Å². The van der Waals surface area contributed by atoms with Gasteiger partial charge in [-0.3, -0.25) is 14.7 Å². The number of nitrogens with zero attached hydrogens (tertiary/aromatic N) is 3. The summed E-state index contributed by atoms with van der Waals surface area (Å²) in [5.41, 5.74) is 2.97. The van der Waals surface area contributed by atoms with Crippen LogP contribution in [0.1, 0.15) is 25.0 Å². The molecule has 0 bridgehead atoms. The van der Waals surface area contributed by atoms with Crippen molar-refractivity contribution in [2.24, 2.45) is 5.92 Å². The number of benzene rings is 2. The van der Waals surface area contributed by atoms with Gasteiger partial charge in [0.15, 0.2) is 0 Å². The number of aliphatic hydroxyl groups is 1. The Balaban J connectivity index is 1.54. The Morgan fingerprint density at radius 1 is 1.15 bits per heavy atom. The Morgan fingerprint density at radius 3 is 2.51 bits per heavy atom. The van der Waals surface area contributed by atoms with Gasteiger partial charge in [-0.1, -0.05) is 6.92 Å². The average Bonchev–Trinajstić information content (AvgIpc) is 3.01. The van der Waals surface area contributed by atoms with E-state index in [2.05, 4.69) is 27.4 Å². The number of urea groups is 1. The van der Waals surface area contributed by atoms with Gasteiger partial charge < -0.3 is 30.1 Å². The molecule has 0 unspecified atom stereocenters. The molecule has 1 aromatic heterocycles. The number of ether oxygens (including phenoxy) is 2. The van der Waals surface area contributed by atoms with Crippen molar-refractivity contribution in [3.63, 3.8) is 0 Å². The maximum Gasteiger partial charge on any atom is 0.323 e. The molecule has 1 aliphatic heterocycles. The number of carbonyl (C=O) groups excluding carboxylic acids is 2. The molecule has 0 saturated heterocycles. The van der Waals surface area contributed by atoms with Gasteiger partial charge in [0.25, 0.3) is 0 Å². The summed E-state index contributed by atoms with van der Waals surface area (Å²) < 4.78 is 11.8. The van der Waals surface area contributed by atoms with Gasteiger partial charge in [0, 0.05) is 54.9 Å². The number of fused-ring (bicyclic) bond motifs is 1. The van der Waals surface area contributed by atoms with E-state index in [0.717, 1.165) is 12.1 Å². The Bertz CT molecular complexity index is 1300. The van der Waals surface area contributed by atoms with E-state index >= 15 is 0 Å². The number of methoxy groups -OCH3 is 1. The molecule has 0 radical (unpaired) electrons. The smallest absolute Gasteiger partial charge is 0.323 e. The van der Waals surface area contributed by atoms with Crippen molar-refractivity contribution in [1.29, 1.82) is 0 Å². The van der Waals surface area contributed by atoms with Crippen LogP contribution in [0.2, 0.25) is 0 Å². The number of aromatic nitrogens is 1. The van der Waals surface area contributed by atoms with Gasteiger partial charge in [0.05, 0.1) is 26.2 Å². The van der Waals surface area contributed by atoms with E-state index in [1.165, 1.54) is 0 Å². The molecule has 3 N–H and O–H groups in total. The molecule has 41 heavy (non-hydrogen) atoms. The lowest BCUT2D eigenvalue weighted by Crippen LogP contribution is -2.47. The van der Waals surface area contributed by atoms with Crippen LogP contribution in [0.4, 0.5) is 16.2 Å². The number of rotatable bonds is 9. The largest absolute Gasteiger partial charge is 0.497 e. The molecule has 218 valence electrons. The van der Waals surface area contributed by atoms with Crippen LogP contribution in [0.3, 0.4) is 0 Å². The maximum atomic E-state index is 13.5. The lowest BCUT2D eigenvalue weighted by Gasteiger charge is -2.34. The van der Waals surface area contributed by atoms with E-state index in [9.17, 15) is 14.7 Å². The first-order chi connectivity index (χ1) is 19.7. The Kier molecular flexibility index (Phi) is 10.2. The number of hydrogen-bond donors (Lipinski definition) is 3. The molecule has 2 heterocycles. The van der Waals surface area contributed by atoms with Gasteiger partial charge in [0.2, 0.25) is 5.91 Å². The SMILES string of the molecule is COc1ccc(NC(=O)Nc2ccc3c(c2)CC(=O)N([C@H](C)CO)C[C@@H](C)[C@H](CN(C)Cc2ccncc2)O3)cc1. The summed E-state index contributed by atoms with van der Waals surface area (Å²) in [6.07, 6.45) is 3.42. The van der Waals surface area contributed by atoms with Crippen molar-refractivity contribution in [2.75, 3.05) is 44.5 Å². The monoisotopic (exact) mass is 561 g/mol. The molecule has 3 amide bonds. The highest BCUT2D eigenvalue weighted by Gasteiger charge is 2.31. The minimum Gasteiger partial charge on any atom is -0.497 e. The van der Waals surface area contributed by atoms with Crippen LogP contribution in [0.25, 0.3) is 0 Å². The molecule has 3 aromatic rings. The van der Waals surface area contributed by atoms with Gasteiger partial charge >= 0.3 is 6.03 Å². The molecule has 0 saturated carbocycles. The first-order valence-corrected chi connectivity index (χ1v) is 13.7. The number of amides is 3. The highest BCUT2D eigenvalue weighted by molar-refractivity contribution is 6.00.